The highest BCUT2D eigenvalue weighted by Gasteiger charge is 2.20. The fraction of sp³-hybridized carbons (Fsp3) is 0.632. The van der Waals surface area contributed by atoms with Crippen molar-refractivity contribution in [3.63, 3.8) is 0 Å². The normalized spacial score (nSPS) is 21.4. The molecule has 0 aromatic heterocycles. The highest BCUT2D eigenvalue weighted by Crippen LogP contribution is 2.26. The number of hydrogen-bond acceptors (Lipinski definition) is 1. The van der Waals surface area contributed by atoms with Gasteiger partial charge in [-0.3, -0.25) is 0 Å². The summed E-state index contributed by atoms with van der Waals surface area (Å²) in [6, 6.07) is 9.21. The molecule has 122 valence electrons. The number of nitrogens with one attached hydrogen (secondary N) is 2. The second-order valence-electron chi connectivity index (χ2n) is 6.52. The number of aryl methyl sites for hydroxylation is 1. The van der Waals surface area contributed by atoms with Gasteiger partial charge in [0.1, 0.15) is 0 Å². The maximum Gasteiger partial charge on any atom is 0.170 e. The van der Waals surface area contributed by atoms with Gasteiger partial charge in [0.25, 0.3) is 0 Å². The SMILES string of the molecule is CCCCc1ccc(NC(=S)NC2CCC(CC)CC2)cc1. The quantitative estimate of drug-likeness (QED) is 0.697. The molecular weight excluding hydrogens is 288 g/mol. The highest BCUT2D eigenvalue weighted by atomic mass is 32.1. The summed E-state index contributed by atoms with van der Waals surface area (Å²) >= 11 is 5.46. The lowest BCUT2D eigenvalue weighted by Gasteiger charge is -2.29. The second kappa shape index (κ2) is 9.14. The molecule has 0 radical (unpaired) electrons. The molecule has 2 rings (SSSR count). The molecule has 22 heavy (non-hydrogen) atoms. The van der Waals surface area contributed by atoms with Crippen molar-refractivity contribution in [2.24, 2.45) is 5.92 Å². The third-order valence-corrected chi connectivity index (χ3v) is 5.01. The Bertz CT molecular complexity index is 447. The molecule has 2 nitrogen and oxygen atoms in total. The third-order valence-electron chi connectivity index (χ3n) is 4.79. The largest absolute Gasteiger partial charge is 0.360 e. The molecule has 0 heterocycles. The van der Waals surface area contributed by atoms with Crippen LogP contribution >= 0.6 is 12.2 Å². The standard InChI is InChI=1S/C19H30N2S/c1-3-5-6-16-9-13-18(14-10-16)21-19(22)20-17-11-7-15(4-2)8-12-17/h9-10,13-15,17H,3-8,11-12H2,1-2H3,(H2,20,21,22). The van der Waals surface area contributed by atoms with E-state index < -0.39 is 0 Å². The number of hydrogen-bond donors (Lipinski definition) is 2. The van der Waals surface area contributed by atoms with Crippen LogP contribution in [0.5, 0.6) is 0 Å². The summed E-state index contributed by atoms with van der Waals surface area (Å²) in [7, 11) is 0. The zero-order chi connectivity index (χ0) is 15.8. The summed E-state index contributed by atoms with van der Waals surface area (Å²) in [5.74, 6) is 0.926. The zero-order valence-electron chi connectivity index (χ0n) is 14.0. The topological polar surface area (TPSA) is 24.1 Å². The Kier molecular flexibility index (Phi) is 7.17. The molecule has 0 unspecified atom stereocenters. The molecule has 2 N–H and O–H groups in total. The summed E-state index contributed by atoms with van der Waals surface area (Å²) in [6.45, 7) is 4.53. The Morgan fingerprint density at radius 3 is 2.36 bits per heavy atom. The van der Waals surface area contributed by atoms with Gasteiger partial charge in [-0.05, 0) is 74.4 Å². The number of unbranched alkanes of at least 4 members (excludes halogenated alkanes) is 1. The summed E-state index contributed by atoms with van der Waals surface area (Å²) < 4.78 is 0. The molecule has 0 saturated heterocycles. The lowest BCUT2D eigenvalue weighted by molar-refractivity contribution is 0.306. The molecule has 3 heteroatoms. The average molecular weight is 319 g/mol. The number of benzene rings is 1. The van der Waals surface area contributed by atoms with Gasteiger partial charge in [-0.1, -0.05) is 38.8 Å². The Morgan fingerprint density at radius 2 is 1.77 bits per heavy atom. The van der Waals surface area contributed by atoms with Crippen LogP contribution in [0.25, 0.3) is 0 Å². The van der Waals surface area contributed by atoms with Crippen LogP contribution in [-0.4, -0.2) is 11.2 Å². The molecule has 1 aliphatic rings. The van der Waals surface area contributed by atoms with Crippen molar-refractivity contribution in [3.05, 3.63) is 29.8 Å². The van der Waals surface area contributed by atoms with Gasteiger partial charge < -0.3 is 10.6 Å². The maximum absolute atomic E-state index is 5.46. The van der Waals surface area contributed by atoms with Crippen LogP contribution in [0.4, 0.5) is 5.69 Å². The molecule has 1 aromatic carbocycles. The van der Waals surface area contributed by atoms with Gasteiger partial charge >= 0.3 is 0 Å². The van der Waals surface area contributed by atoms with E-state index in [-0.39, 0.29) is 0 Å². The Labute approximate surface area is 141 Å². The fourth-order valence-corrected chi connectivity index (χ4v) is 3.49. The first-order valence-corrected chi connectivity index (χ1v) is 9.28. The van der Waals surface area contributed by atoms with E-state index in [0.717, 1.165) is 16.7 Å². The Hall–Kier alpha value is -1.09. The van der Waals surface area contributed by atoms with E-state index in [0.29, 0.717) is 6.04 Å². The molecule has 1 aromatic rings. The van der Waals surface area contributed by atoms with Crippen LogP contribution in [0.3, 0.4) is 0 Å². The molecule has 1 saturated carbocycles. The van der Waals surface area contributed by atoms with Crippen LogP contribution in [0.1, 0.15) is 64.4 Å². The molecule has 0 spiro atoms. The Morgan fingerprint density at radius 1 is 1.09 bits per heavy atom. The monoisotopic (exact) mass is 318 g/mol. The minimum absolute atomic E-state index is 0.548. The lowest BCUT2D eigenvalue weighted by atomic mass is 9.85. The van der Waals surface area contributed by atoms with E-state index in [1.165, 1.54) is 56.9 Å². The average Bonchev–Trinajstić information content (AvgIpc) is 2.55. The highest BCUT2D eigenvalue weighted by molar-refractivity contribution is 7.80. The van der Waals surface area contributed by atoms with Gasteiger partial charge in [-0.15, -0.1) is 0 Å². The van der Waals surface area contributed by atoms with E-state index in [1.54, 1.807) is 0 Å². The van der Waals surface area contributed by atoms with Gasteiger partial charge in [0.2, 0.25) is 0 Å². The van der Waals surface area contributed by atoms with Crippen molar-refractivity contribution >= 4 is 23.0 Å². The van der Waals surface area contributed by atoms with Crippen molar-refractivity contribution < 1.29 is 0 Å². The molecule has 0 aliphatic heterocycles. The third kappa shape index (κ3) is 5.60. The van der Waals surface area contributed by atoms with Gasteiger partial charge in [0.15, 0.2) is 5.11 Å². The van der Waals surface area contributed by atoms with Crippen molar-refractivity contribution in [2.45, 2.75) is 71.3 Å². The molecular formula is C19H30N2S. The minimum Gasteiger partial charge on any atom is -0.360 e. The molecule has 0 bridgehead atoms. The summed E-state index contributed by atoms with van der Waals surface area (Å²) in [5.41, 5.74) is 2.49. The first-order valence-electron chi connectivity index (χ1n) is 8.87. The van der Waals surface area contributed by atoms with Crippen LogP contribution in [0.2, 0.25) is 0 Å². The van der Waals surface area contributed by atoms with Crippen LogP contribution in [-0.2, 0) is 6.42 Å². The summed E-state index contributed by atoms with van der Waals surface area (Å²) in [5, 5.41) is 7.56. The van der Waals surface area contributed by atoms with Gasteiger partial charge in [0, 0.05) is 11.7 Å². The maximum atomic E-state index is 5.46. The predicted octanol–water partition coefficient (Wildman–Crippen LogP) is 5.28. The molecule has 1 aliphatic carbocycles. The molecule has 0 atom stereocenters. The van der Waals surface area contributed by atoms with Crippen LogP contribution < -0.4 is 10.6 Å². The van der Waals surface area contributed by atoms with Gasteiger partial charge in [-0.2, -0.15) is 0 Å². The van der Waals surface area contributed by atoms with E-state index in [4.69, 9.17) is 12.2 Å². The van der Waals surface area contributed by atoms with Crippen molar-refractivity contribution in [1.29, 1.82) is 0 Å². The first-order chi connectivity index (χ1) is 10.7. The minimum atomic E-state index is 0.548. The van der Waals surface area contributed by atoms with Gasteiger partial charge in [0.05, 0.1) is 0 Å². The van der Waals surface area contributed by atoms with Crippen molar-refractivity contribution in [1.82, 2.24) is 5.32 Å². The van der Waals surface area contributed by atoms with E-state index >= 15 is 0 Å². The van der Waals surface area contributed by atoms with Crippen molar-refractivity contribution in [3.8, 4) is 0 Å². The zero-order valence-corrected chi connectivity index (χ0v) is 14.8. The molecule has 1 fully saturated rings. The summed E-state index contributed by atoms with van der Waals surface area (Å²) in [6.07, 6.45) is 10.2. The molecule has 0 amide bonds. The summed E-state index contributed by atoms with van der Waals surface area (Å²) in [4.78, 5) is 0. The Balaban J connectivity index is 1.75. The number of anilines is 1. The second-order valence-corrected chi connectivity index (χ2v) is 6.93. The smallest absolute Gasteiger partial charge is 0.170 e. The van der Waals surface area contributed by atoms with Crippen LogP contribution in [0, 0.1) is 5.92 Å². The van der Waals surface area contributed by atoms with Crippen LogP contribution in [0.15, 0.2) is 24.3 Å². The predicted molar refractivity (Wildman–Crippen MR) is 100 cm³/mol. The fourth-order valence-electron chi connectivity index (χ4n) is 3.20. The van der Waals surface area contributed by atoms with E-state index in [2.05, 4.69) is 48.7 Å². The first kappa shape index (κ1) is 17.3. The van der Waals surface area contributed by atoms with E-state index in [9.17, 15) is 0 Å². The van der Waals surface area contributed by atoms with Gasteiger partial charge in [-0.25, -0.2) is 0 Å². The lowest BCUT2D eigenvalue weighted by Crippen LogP contribution is -2.39. The van der Waals surface area contributed by atoms with E-state index in [1.807, 2.05) is 0 Å². The number of rotatable bonds is 6. The number of thiocarbonyl (C=S) groups is 1. The van der Waals surface area contributed by atoms with Crippen molar-refractivity contribution in [2.75, 3.05) is 5.32 Å².